The second-order valence-electron chi connectivity index (χ2n) is 5.99. The third-order valence-electron chi connectivity index (χ3n) is 4.21. The summed E-state index contributed by atoms with van der Waals surface area (Å²) in [6.45, 7) is 4.40. The van der Waals surface area contributed by atoms with Gasteiger partial charge in [0.05, 0.1) is 0 Å². The van der Waals surface area contributed by atoms with Gasteiger partial charge >= 0.3 is 0 Å². The zero-order valence-electron chi connectivity index (χ0n) is 15.8. The van der Waals surface area contributed by atoms with Gasteiger partial charge < -0.3 is 29.2 Å². The van der Waals surface area contributed by atoms with Crippen molar-refractivity contribution in [3.05, 3.63) is 42.2 Å². The maximum absolute atomic E-state index is 5.82. The van der Waals surface area contributed by atoms with E-state index in [0.29, 0.717) is 19.1 Å². The zero-order chi connectivity index (χ0) is 18.9. The summed E-state index contributed by atoms with van der Waals surface area (Å²) in [6, 6.07) is 7.62. The summed E-state index contributed by atoms with van der Waals surface area (Å²) in [5.74, 6) is 2.05. The molecule has 0 aliphatic carbocycles. The first-order valence-electron chi connectivity index (χ1n) is 8.99. The Hall–Kier alpha value is -2.42. The molecule has 0 atom stereocenters. The quantitative estimate of drug-likeness (QED) is 0.524. The van der Waals surface area contributed by atoms with Gasteiger partial charge in [-0.25, -0.2) is 9.97 Å². The lowest BCUT2D eigenvalue weighted by atomic mass is 10.2. The van der Waals surface area contributed by atoms with Crippen LogP contribution < -0.4 is 19.7 Å². The predicted octanol–water partition coefficient (Wildman–Crippen LogP) is 1.64. The number of hydrogen-bond donors (Lipinski definition) is 1. The molecular formula is C19H26N4O4. The van der Waals surface area contributed by atoms with Crippen LogP contribution in [0.3, 0.4) is 0 Å². The Morgan fingerprint density at radius 1 is 1.04 bits per heavy atom. The summed E-state index contributed by atoms with van der Waals surface area (Å²) >= 11 is 0. The van der Waals surface area contributed by atoms with Gasteiger partial charge in [-0.2, -0.15) is 0 Å². The maximum atomic E-state index is 5.82. The number of nitrogens with one attached hydrogen (secondary N) is 1. The fourth-order valence-electron chi connectivity index (χ4n) is 2.93. The van der Waals surface area contributed by atoms with Crippen molar-refractivity contribution >= 4 is 5.82 Å². The Morgan fingerprint density at radius 3 is 2.56 bits per heavy atom. The summed E-state index contributed by atoms with van der Waals surface area (Å²) in [5.41, 5.74) is 0.897. The number of methoxy groups -OCH3 is 2. The molecule has 1 aromatic carbocycles. The topological polar surface area (TPSA) is 78.0 Å². The predicted molar refractivity (Wildman–Crippen MR) is 101 cm³/mol. The average Bonchev–Trinajstić information content (AvgIpc) is 2.73. The maximum Gasteiger partial charge on any atom is 0.257 e. The molecule has 8 nitrogen and oxygen atoms in total. The standard InChI is InChI=1S/C19H26N4O4/c1-24-19(25-2)15-4-3-5-16(14-15)26-12-13-27-18-17(21-6-7-22-18)23-10-8-20-9-11-23/h3-7,14,19-20H,8-13H2,1-2H3. The van der Waals surface area contributed by atoms with Gasteiger partial charge in [-0.05, 0) is 12.1 Å². The largest absolute Gasteiger partial charge is 0.490 e. The van der Waals surface area contributed by atoms with E-state index in [0.717, 1.165) is 43.3 Å². The first-order chi connectivity index (χ1) is 13.3. The molecule has 27 heavy (non-hydrogen) atoms. The number of hydrogen-bond acceptors (Lipinski definition) is 8. The Kier molecular flexibility index (Phi) is 7.20. The molecule has 0 saturated carbocycles. The number of anilines is 1. The van der Waals surface area contributed by atoms with Gasteiger partial charge in [0.2, 0.25) is 0 Å². The van der Waals surface area contributed by atoms with Crippen LogP contribution in [-0.4, -0.2) is 63.6 Å². The molecule has 0 unspecified atom stereocenters. The number of piperazine rings is 1. The molecule has 1 saturated heterocycles. The summed E-state index contributed by atoms with van der Waals surface area (Å²) in [5, 5.41) is 3.33. The van der Waals surface area contributed by atoms with E-state index < -0.39 is 6.29 Å². The second kappa shape index (κ2) is 10.1. The van der Waals surface area contributed by atoms with Crippen molar-refractivity contribution in [3.8, 4) is 11.6 Å². The molecule has 0 bridgehead atoms. The van der Waals surface area contributed by atoms with Crippen LogP contribution in [-0.2, 0) is 9.47 Å². The van der Waals surface area contributed by atoms with E-state index in [2.05, 4.69) is 20.2 Å². The van der Waals surface area contributed by atoms with Crippen molar-refractivity contribution in [2.75, 3.05) is 58.5 Å². The molecule has 2 aromatic rings. The van der Waals surface area contributed by atoms with Gasteiger partial charge in [0, 0.05) is 58.4 Å². The Bertz CT molecular complexity index is 706. The SMILES string of the molecule is COC(OC)c1cccc(OCCOc2nccnc2N2CCNCC2)c1. The highest BCUT2D eigenvalue weighted by molar-refractivity contribution is 5.48. The molecule has 146 valence electrons. The molecule has 1 aliphatic rings. The molecule has 1 aliphatic heterocycles. The average molecular weight is 374 g/mol. The van der Waals surface area contributed by atoms with E-state index in [1.165, 1.54) is 0 Å². The van der Waals surface area contributed by atoms with Gasteiger partial charge in [-0.1, -0.05) is 12.1 Å². The van der Waals surface area contributed by atoms with Gasteiger partial charge in [0.25, 0.3) is 5.88 Å². The molecular weight excluding hydrogens is 348 g/mol. The third-order valence-corrected chi connectivity index (χ3v) is 4.21. The van der Waals surface area contributed by atoms with Crippen LogP contribution in [0.1, 0.15) is 11.9 Å². The van der Waals surface area contributed by atoms with E-state index >= 15 is 0 Å². The number of ether oxygens (including phenoxy) is 4. The van der Waals surface area contributed by atoms with Gasteiger partial charge in [0.15, 0.2) is 12.1 Å². The van der Waals surface area contributed by atoms with Crippen LogP contribution in [0.4, 0.5) is 5.82 Å². The smallest absolute Gasteiger partial charge is 0.257 e. The minimum atomic E-state index is -0.411. The van der Waals surface area contributed by atoms with Crippen molar-refractivity contribution in [1.82, 2.24) is 15.3 Å². The van der Waals surface area contributed by atoms with Crippen molar-refractivity contribution in [3.63, 3.8) is 0 Å². The Labute approximate surface area is 159 Å². The Morgan fingerprint density at radius 2 is 1.78 bits per heavy atom. The van der Waals surface area contributed by atoms with Gasteiger partial charge in [0.1, 0.15) is 19.0 Å². The zero-order valence-corrected chi connectivity index (χ0v) is 15.8. The first kappa shape index (κ1) is 19.3. The highest BCUT2D eigenvalue weighted by atomic mass is 16.7. The highest BCUT2D eigenvalue weighted by Gasteiger charge is 2.17. The minimum absolute atomic E-state index is 0.375. The molecule has 1 aromatic heterocycles. The first-order valence-corrected chi connectivity index (χ1v) is 8.99. The molecule has 2 heterocycles. The van der Waals surface area contributed by atoms with Crippen LogP contribution in [0.2, 0.25) is 0 Å². The van der Waals surface area contributed by atoms with Crippen molar-refractivity contribution in [1.29, 1.82) is 0 Å². The van der Waals surface area contributed by atoms with E-state index in [4.69, 9.17) is 18.9 Å². The van der Waals surface area contributed by atoms with Crippen LogP contribution in [0.15, 0.2) is 36.7 Å². The third kappa shape index (κ3) is 5.29. The number of nitrogens with zero attached hydrogens (tertiary/aromatic N) is 3. The van der Waals surface area contributed by atoms with Gasteiger partial charge in [-0.3, -0.25) is 0 Å². The number of benzene rings is 1. The van der Waals surface area contributed by atoms with E-state index in [1.54, 1.807) is 26.6 Å². The molecule has 0 spiro atoms. The minimum Gasteiger partial charge on any atom is -0.490 e. The number of aromatic nitrogens is 2. The van der Waals surface area contributed by atoms with Crippen molar-refractivity contribution in [2.45, 2.75) is 6.29 Å². The van der Waals surface area contributed by atoms with E-state index in [9.17, 15) is 0 Å². The molecule has 0 amide bonds. The van der Waals surface area contributed by atoms with Gasteiger partial charge in [-0.15, -0.1) is 0 Å². The molecule has 3 rings (SSSR count). The lowest BCUT2D eigenvalue weighted by molar-refractivity contribution is -0.106. The van der Waals surface area contributed by atoms with Crippen LogP contribution in [0, 0.1) is 0 Å². The summed E-state index contributed by atoms with van der Waals surface area (Å²) < 4.78 is 22.1. The molecule has 1 fully saturated rings. The molecule has 8 heteroatoms. The van der Waals surface area contributed by atoms with E-state index in [-0.39, 0.29) is 0 Å². The highest BCUT2D eigenvalue weighted by Crippen LogP contribution is 2.24. The number of rotatable bonds is 9. The Balaban J connectivity index is 1.53. The van der Waals surface area contributed by atoms with Crippen molar-refractivity contribution < 1.29 is 18.9 Å². The van der Waals surface area contributed by atoms with E-state index in [1.807, 2.05) is 24.3 Å². The normalized spacial score (nSPS) is 14.4. The van der Waals surface area contributed by atoms with Crippen LogP contribution in [0.25, 0.3) is 0 Å². The fraction of sp³-hybridized carbons (Fsp3) is 0.474. The molecule has 1 N–H and O–H groups in total. The monoisotopic (exact) mass is 374 g/mol. The van der Waals surface area contributed by atoms with Crippen molar-refractivity contribution in [2.24, 2.45) is 0 Å². The molecule has 0 radical (unpaired) electrons. The summed E-state index contributed by atoms with van der Waals surface area (Å²) in [7, 11) is 3.21. The van der Waals surface area contributed by atoms with Crippen LogP contribution >= 0.6 is 0 Å². The summed E-state index contributed by atoms with van der Waals surface area (Å²) in [6.07, 6.45) is 2.92. The fourth-order valence-corrected chi connectivity index (χ4v) is 2.93. The second-order valence-corrected chi connectivity index (χ2v) is 5.99. The van der Waals surface area contributed by atoms with Crippen LogP contribution in [0.5, 0.6) is 11.6 Å². The lowest BCUT2D eigenvalue weighted by Gasteiger charge is -2.28. The lowest BCUT2D eigenvalue weighted by Crippen LogP contribution is -2.44. The summed E-state index contributed by atoms with van der Waals surface area (Å²) in [4.78, 5) is 10.9.